The van der Waals surface area contributed by atoms with E-state index in [0.29, 0.717) is 12.3 Å². The van der Waals surface area contributed by atoms with Gasteiger partial charge in [-0.05, 0) is 32.6 Å². The second kappa shape index (κ2) is 9.97. The lowest BCUT2D eigenvalue weighted by molar-refractivity contribution is -0.119. The van der Waals surface area contributed by atoms with Gasteiger partial charge in [-0.15, -0.1) is 0 Å². The molecular formula is C12H25NO2. The third kappa shape index (κ3) is 9.73. The van der Waals surface area contributed by atoms with Gasteiger partial charge in [0.1, 0.15) is 0 Å². The average Bonchev–Trinajstić information content (AvgIpc) is 2.20. The molecule has 0 aliphatic heterocycles. The molecule has 1 amide bonds. The maximum absolute atomic E-state index is 10.5. The molecule has 1 rings (SSSR count). The third-order valence-corrected chi connectivity index (χ3v) is 2.62. The summed E-state index contributed by atoms with van der Waals surface area (Å²) in [4.78, 5) is 10.5. The van der Waals surface area contributed by atoms with Crippen molar-refractivity contribution in [2.75, 3.05) is 13.2 Å². The van der Waals surface area contributed by atoms with E-state index in [4.69, 9.17) is 10.5 Å². The van der Waals surface area contributed by atoms with E-state index in [1.807, 2.05) is 13.8 Å². The molecule has 3 heteroatoms. The van der Waals surface area contributed by atoms with E-state index < -0.39 is 0 Å². The molecule has 1 aliphatic carbocycles. The summed E-state index contributed by atoms with van der Waals surface area (Å²) in [5, 5.41) is 0. The Morgan fingerprint density at radius 3 is 2.07 bits per heavy atom. The van der Waals surface area contributed by atoms with Crippen molar-refractivity contribution in [3.05, 3.63) is 0 Å². The van der Waals surface area contributed by atoms with Gasteiger partial charge in [-0.1, -0.05) is 19.3 Å². The Morgan fingerprint density at radius 2 is 1.73 bits per heavy atom. The Bertz CT molecular complexity index is 152. The smallest absolute Gasteiger partial charge is 0.217 e. The summed E-state index contributed by atoms with van der Waals surface area (Å²) in [6.07, 6.45) is 6.96. The van der Waals surface area contributed by atoms with Crippen molar-refractivity contribution in [1.29, 1.82) is 0 Å². The van der Waals surface area contributed by atoms with Crippen LogP contribution in [0.4, 0.5) is 0 Å². The predicted octanol–water partition coefficient (Wildman–Crippen LogP) is 2.48. The Balaban J connectivity index is 0.000000336. The van der Waals surface area contributed by atoms with Gasteiger partial charge in [0.2, 0.25) is 5.91 Å². The first-order valence-corrected chi connectivity index (χ1v) is 6.06. The molecule has 1 saturated carbocycles. The number of rotatable bonds is 4. The van der Waals surface area contributed by atoms with Gasteiger partial charge in [-0.3, -0.25) is 4.79 Å². The normalized spacial score (nSPS) is 16.7. The van der Waals surface area contributed by atoms with Crippen LogP contribution in [0.15, 0.2) is 0 Å². The van der Waals surface area contributed by atoms with E-state index in [0.717, 1.165) is 13.2 Å². The predicted molar refractivity (Wildman–Crippen MR) is 62.6 cm³/mol. The second-order valence-electron chi connectivity index (χ2n) is 3.96. The van der Waals surface area contributed by atoms with Gasteiger partial charge in [-0.25, -0.2) is 0 Å². The standard InChI is InChI=1S/C8H15NO.C4H10O/c9-8(10)6-7-4-2-1-3-5-7;1-3-5-4-2/h7H,1-6H2,(H2,9,10);3-4H2,1-2H3. The van der Waals surface area contributed by atoms with Gasteiger partial charge in [0, 0.05) is 19.6 Å². The summed E-state index contributed by atoms with van der Waals surface area (Å²) in [5.74, 6) is 0.471. The monoisotopic (exact) mass is 215 g/mol. The largest absolute Gasteiger partial charge is 0.382 e. The van der Waals surface area contributed by atoms with E-state index in [1.165, 1.54) is 32.1 Å². The lowest BCUT2D eigenvalue weighted by Crippen LogP contribution is -2.18. The molecule has 0 aromatic heterocycles. The summed E-state index contributed by atoms with van der Waals surface area (Å²) in [5.41, 5.74) is 5.08. The van der Waals surface area contributed by atoms with Crippen molar-refractivity contribution >= 4 is 5.91 Å². The van der Waals surface area contributed by atoms with Crippen molar-refractivity contribution < 1.29 is 9.53 Å². The zero-order valence-electron chi connectivity index (χ0n) is 10.1. The zero-order chi connectivity index (χ0) is 11.5. The van der Waals surface area contributed by atoms with Crippen molar-refractivity contribution in [2.24, 2.45) is 11.7 Å². The summed E-state index contributed by atoms with van der Waals surface area (Å²) in [6, 6.07) is 0. The quantitative estimate of drug-likeness (QED) is 0.783. The minimum atomic E-state index is -0.132. The number of primary amides is 1. The fourth-order valence-corrected chi connectivity index (χ4v) is 1.88. The summed E-state index contributed by atoms with van der Waals surface area (Å²) >= 11 is 0. The van der Waals surface area contributed by atoms with Gasteiger partial charge in [0.15, 0.2) is 0 Å². The van der Waals surface area contributed by atoms with Gasteiger partial charge in [0.05, 0.1) is 0 Å². The lowest BCUT2D eigenvalue weighted by atomic mass is 9.87. The highest BCUT2D eigenvalue weighted by atomic mass is 16.5. The molecule has 1 fully saturated rings. The van der Waals surface area contributed by atoms with E-state index >= 15 is 0 Å². The Labute approximate surface area is 93.4 Å². The van der Waals surface area contributed by atoms with Gasteiger partial charge in [-0.2, -0.15) is 0 Å². The highest BCUT2D eigenvalue weighted by Gasteiger charge is 2.14. The van der Waals surface area contributed by atoms with Crippen LogP contribution >= 0.6 is 0 Å². The van der Waals surface area contributed by atoms with Crippen LogP contribution in [0.1, 0.15) is 52.4 Å². The van der Waals surface area contributed by atoms with Crippen LogP contribution in [0.25, 0.3) is 0 Å². The number of hydrogen-bond acceptors (Lipinski definition) is 2. The minimum Gasteiger partial charge on any atom is -0.382 e. The van der Waals surface area contributed by atoms with Crippen LogP contribution < -0.4 is 5.73 Å². The average molecular weight is 215 g/mol. The molecule has 0 radical (unpaired) electrons. The van der Waals surface area contributed by atoms with Crippen LogP contribution in [-0.2, 0) is 9.53 Å². The van der Waals surface area contributed by atoms with Gasteiger partial charge >= 0.3 is 0 Å². The highest BCUT2D eigenvalue weighted by molar-refractivity contribution is 5.73. The fraction of sp³-hybridized carbons (Fsp3) is 0.917. The molecule has 1 aliphatic rings. The van der Waals surface area contributed by atoms with Crippen molar-refractivity contribution in [2.45, 2.75) is 52.4 Å². The maximum Gasteiger partial charge on any atom is 0.217 e. The number of hydrogen-bond donors (Lipinski definition) is 1. The second-order valence-corrected chi connectivity index (χ2v) is 3.96. The molecule has 0 aromatic carbocycles. The summed E-state index contributed by atoms with van der Waals surface area (Å²) in [6.45, 7) is 5.67. The molecular weight excluding hydrogens is 190 g/mol. The van der Waals surface area contributed by atoms with Crippen molar-refractivity contribution in [1.82, 2.24) is 0 Å². The van der Waals surface area contributed by atoms with Crippen LogP contribution in [0.2, 0.25) is 0 Å². The van der Waals surface area contributed by atoms with Crippen LogP contribution in [0.3, 0.4) is 0 Å². The summed E-state index contributed by atoms with van der Waals surface area (Å²) in [7, 11) is 0. The first-order chi connectivity index (χ1) is 7.20. The van der Waals surface area contributed by atoms with Crippen LogP contribution in [0.5, 0.6) is 0 Å². The fourth-order valence-electron chi connectivity index (χ4n) is 1.88. The number of carbonyl (C=O) groups is 1. The van der Waals surface area contributed by atoms with Crippen molar-refractivity contribution in [3.8, 4) is 0 Å². The Kier molecular flexibility index (Phi) is 9.59. The molecule has 0 saturated heterocycles. The molecule has 0 spiro atoms. The number of carbonyl (C=O) groups excluding carboxylic acids is 1. The molecule has 0 bridgehead atoms. The SMILES string of the molecule is CCOCC.NC(=O)CC1CCCCC1. The summed E-state index contributed by atoms with van der Waals surface area (Å²) < 4.78 is 4.83. The van der Waals surface area contributed by atoms with E-state index in [1.54, 1.807) is 0 Å². The Hall–Kier alpha value is -0.570. The number of nitrogens with two attached hydrogens (primary N) is 1. The first-order valence-electron chi connectivity index (χ1n) is 6.06. The molecule has 0 unspecified atom stereocenters. The minimum absolute atomic E-state index is 0.132. The van der Waals surface area contributed by atoms with Crippen LogP contribution in [0, 0.1) is 5.92 Å². The number of amides is 1. The maximum atomic E-state index is 10.5. The molecule has 90 valence electrons. The number of ether oxygens (including phenoxy) is 1. The Morgan fingerprint density at radius 1 is 1.20 bits per heavy atom. The topological polar surface area (TPSA) is 52.3 Å². The van der Waals surface area contributed by atoms with Crippen molar-refractivity contribution in [3.63, 3.8) is 0 Å². The molecule has 15 heavy (non-hydrogen) atoms. The van der Waals surface area contributed by atoms with E-state index in [9.17, 15) is 4.79 Å². The molecule has 3 nitrogen and oxygen atoms in total. The highest BCUT2D eigenvalue weighted by Crippen LogP contribution is 2.25. The third-order valence-electron chi connectivity index (χ3n) is 2.62. The van der Waals surface area contributed by atoms with Gasteiger partial charge < -0.3 is 10.5 Å². The molecule has 0 heterocycles. The van der Waals surface area contributed by atoms with E-state index in [2.05, 4.69) is 0 Å². The molecule has 0 aromatic rings. The van der Waals surface area contributed by atoms with Gasteiger partial charge in [0.25, 0.3) is 0 Å². The molecule has 2 N–H and O–H groups in total. The molecule has 0 atom stereocenters. The lowest BCUT2D eigenvalue weighted by Gasteiger charge is -2.19. The first kappa shape index (κ1) is 14.4. The van der Waals surface area contributed by atoms with Crippen LogP contribution in [-0.4, -0.2) is 19.1 Å². The zero-order valence-corrected chi connectivity index (χ0v) is 10.1. The van der Waals surface area contributed by atoms with E-state index in [-0.39, 0.29) is 5.91 Å².